The molecule has 3 heterocycles. The lowest BCUT2D eigenvalue weighted by atomic mass is 10.1. The molecule has 1 unspecified atom stereocenters. The quantitative estimate of drug-likeness (QED) is 0.881. The Morgan fingerprint density at radius 2 is 2.04 bits per heavy atom. The number of aromatic amines is 1. The normalized spacial score (nSPS) is 20.2. The van der Waals surface area contributed by atoms with Crippen LogP contribution in [0.25, 0.3) is 10.9 Å². The van der Waals surface area contributed by atoms with Crippen LogP contribution in [0.4, 0.5) is 4.39 Å². The molecule has 1 aromatic carbocycles. The zero-order valence-electron chi connectivity index (χ0n) is 14.8. The molecule has 0 amide bonds. The molecule has 144 valence electrons. The molecule has 2 saturated heterocycles. The minimum absolute atomic E-state index is 0.0527. The average molecular weight is 376 g/mol. The fourth-order valence-electron chi connectivity index (χ4n) is 3.38. The molecule has 0 bridgehead atoms. The summed E-state index contributed by atoms with van der Waals surface area (Å²) in [6, 6.07) is 4.91. The van der Waals surface area contributed by atoms with Crippen molar-refractivity contribution in [3.8, 4) is 5.75 Å². The van der Waals surface area contributed by atoms with Gasteiger partial charge in [0.15, 0.2) is 0 Å². The van der Waals surface area contributed by atoms with E-state index < -0.39 is 17.1 Å². The standard InChI is InChI=1S/C19H21FN2O5/c20-16(12-3-6-25-7-4-12)10-22-18(23)15-9-13(27-14-5-8-26-11-14)1-2-17(15)21-19(22)24/h1-2,9,14H,3-8,10-11H2,(H,21,24). The summed E-state index contributed by atoms with van der Waals surface area (Å²) in [6.07, 6.45) is 1.69. The summed E-state index contributed by atoms with van der Waals surface area (Å²) in [6.45, 7) is 1.70. The fourth-order valence-corrected chi connectivity index (χ4v) is 3.38. The van der Waals surface area contributed by atoms with Crippen molar-refractivity contribution in [2.75, 3.05) is 26.4 Å². The molecule has 1 atom stereocenters. The van der Waals surface area contributed by atoms with Crippen LogP contribution < -0.4 is 16.0 Å². The van der Waals surface area contributed by atoms with Crippen LogP contribution in [0.5, 0.6) is 5.75 Å². The summed E-state index contributed by atoms with van der Waals surface area (Å²) in [5.74, 6) is 0.0812. The third kappa shape index (κ3) is 3.81. The van der Waals surface area contributed by atoms with Crippen molar-refractivity contribution in [1.82, 2.24) is 9.55 Å². The maximum absolute atomic E-state index is 14.6. The van der Waals surface area contributed by atoms with Crippen LogP contribution in [-0.2, 0) is 16.0 Å². The maximum Gasteiger partial charge on any atom is 0.329 e. The molecule has 7 nitrogen and oxygen atoms in total. The van der Waals surface area contributed by atoms with E-state index in [1.807, 2.05) is 0 Å². The molecule has 27 heavy (non-hydrogen) atoms. The Bertz CT molecular complexity index is 980. The Labute approximate surface area is 154 Å². The first-order valence-electron chi connectivity index (χ1n) is 9.07. The Kier molecular flexibility index (Phi) is 5.09. The minimum Gasteiger partial charge on any atom is -0.488 e. The number of ether oxygens (including phenoxy) is 3. The highest BCUT2D eigenvalue weighted by Gasteiger charge is 2.19. The van der Waals surface area contributed by atoms with Gasteiger partial charge in [0, 0.05) is 6.42 Å². The van der Waals surface area contributed by atoms with E-state index in [4.69, 9.17) is 14.2 Å². The number of fused-ring (bicyclic) bond motifs is 1. The molecule has 8 heteroatoms. The van der Waals surface area contributed by atoms with Crippen LogP contribution in [-0.4, -0.2) is 42.1 Å². The molecule has 1 N–H and O–H groups in total. The van der Waals surface area contributed by atoms with Gasteiger partial charge < -0.3 is 19.2 Å². The molecule has 0 aliphatic carbocycles. The van der Waals surface area contributed by atoms with Gasteiger partial charge in [-0.05, 0) is 36.6 Å². The summed E-state index contributed by atoms with van der Waals surface area (Å²) >= 11 is 0. The SMILES string of the molecule is O=c1[nH]c2ccc(OC3CCOC3)cc2c(=O)n1CC(F)=C1CCOCC1. The summed E-state index contributed by atoms with van der Waals surface area (Å²) < 4.78 is 31.8. The topological polar surface area (TPSA) is 82.6 Å². The number of halogens is 1. The van der Waals surface area contributed by atoms with Crippen LogP contribution in [0.2, 0.25) is 0 Å². The maximum atomic E-state index is 14.6. The summed E-state index contributed by atoms with van der Waals surface area (Å²) in [7, 11) is 0. The van der Waals surface area contributed by atoms with Crippen molar-refractivity contribution in [2.24, 2.45) is 0 Å². The van der Waals surface area contributed by atoms with E-state index in [9.17, 15) is 14.0 Å². The first-order chi connectivity index (χ1) is 13.1. The highest BCUT2D eigenvalue weighted by atomic mass is 19.1. The summed E-state index contributed by atoms with van der Waals surface area (Å²) in [5.41, 5.74) is -0.167. The minimum atomic E-state index is -0.631. The second-order valence-corrected chi connectivity index (χ2v) is 6.75. The van der Waals surface area contributed by atoms with Crippen molar-refractivity contribution in [3.63, 3.8) is 0 Å². The number of nitrogens with one attached hydrogen (secondary N) is 1. The molecule has 2 aliphatic heterocycles. The fraction of sp³-hybridized carbons (Fsp3) is 0.474. The summed E-state index contributed by atoms with van der Waals surface area (Å²) in [4.78, 5) is 27.7. The number of aromatic nitrogens is 2. The molecule has 2 aromatic rings. The van der Waals surface area contributed by atoms with Gasteiger partial charge in [-0.3, -0.25) is 9.36 Å². The number of nitrogens with zero attached hydrogens (tertiary/aromatic N) is 1. The van der Waals surface area contributed by atoms with E-state index in [1.54, 1.807) is 18.2 Å². The Hall–Kier alpha value is -2.45. The van der Waals surface area contributed by atoms with Crippen LogP contribution in [0.3, 0.4) is 0 Å². The van der Waals surface area contributed by atoms with Gasteiger partial charge in [0.25, 0.3) is 5.56 Å². The number of allylic oxidation sites excluding steroid dienone is 1. The monoisotopic (exact) mass is 376 g/mol. The molecule has 2 aliphatic rings. The zero-order chi connectivity index (χ0) is 18.8. The van der Waals surface area contributed by atoms with Crippen molar-refractivity contribution in [2.45, 2.75) is 31.9 Å². The molecule has 2 fully saturated rings. The van der Waals surface area contributed by atoms with Gasteiger partial charge in [-0.2, -0.15) is 0 Å². The third-order valence-corrected chi connectivity index (χ3v) is 4.92. The van der Waals surface area contributed by atoms with Crippen molar-refractivity contribution in [3.05, 3.63) is 50.4 Å². The molecule has 0 saturated carbocycles. The average Bonchev–Trinajstić information content (AvgIpc) is 3.19. The zero-order valence-corrected chi connectivity index (χ0v) is 14.8. The second kappa shape index (κ2) is 7.66. The van der Waals surface area contributed by atoms with Crippen molar-refractivity contribution >= 4 is 10.9 Å². The van der Waals surface area contributed by atoms with Crippen LogP contribution in [0, 0.1) is 0 Å². The second-order valence-electron chi connectivity index (χ2n) is 6.75. The van der Waals surface area contributed by atoms with E-state index in [0.29, 0.717) is 56.1 Å². The molecular formula is C19H21FN2O5. The van der Waals surface area contributed by atoms with Gasteiger partial charge in [0.2, 0.25) is 0 Å². The smallest absolute Gasteiger partial charge is 0.329 e. The number of benzene rings is 1. The summed E-state index contributed by atoms with van der Waals surface area (Å²) in [5, 5.41) is 0.288. The largest absolute Gasteiger partial charge is 0.488 e. The lowest BCUT2D eigenvalue weighted by Crippen LogP contribution is -2.35. The first-order valence-corrected chi connectivity index (χ1v) is 9.07. The van der Waals surface area contributed by atoms with Gasteiger partial charge in [0.1, 0.15) is 17.7 Å². The third-order valence-electron chi connectivity index (χ3n) is 4.92. The first kappa shape index (κ1) is 17.9. The van der Waals surface area contributed by atoms with Crippen LogP contribution in [0.15, 0.2) is 39.2 Å². The number of H-pyrrole nitrogens is 1. The Morgan fingerprint density at radius 1 is 1.22 bits per heavy atom. The highest BCUT2D eigenvalue weighted by molar-refractivity contribution is 5.78. The number of hydrogen-bond acceptors (Lipinski definition) is 5. The Morgan fingerprint density at radius 3 is 2.78 bits per heavy atom. The Balaban J connectivity index is 1.68. The van der Waals surface area contributed by atoms with E-state index in [0.717, 1.165) is 11.0 Å². The predicted molar refractivity (Wildman–Crippen MR) is 96.9 cm³/mol. The van der Waals surface area contributed by atoms with Gasteiger partial charge in [-0.1, -0.05) is 0 Å². The van der Waals surface area contributed by atoms with E-state index in [-0.39, 0.29) is 18.0 Å². The molecular weight excluding hydrogens is 355 g/mol. The van der Waals surface area contributed by atoms with Gasteiger partial charge >= 0.3 is 5.69 Å². The van der Waals surface area contributed by atoms with Gasteiger partial charge in [-0.15, -0.1) is 0 Å². The van der Waals surface area contributed by atoms with E-state index in [1.165, 1.54) is 0 Å². The van der Waals surface area contributed by atoms with Crippen molar-refractivity contribution < 1.29 is 18.6 Å². The number of hydrogen-bond donors (Lipinski definition) is 1. The van der Waals surface area contributed by atoms with Gasteiger partial charge in [0.05, 0.1) is 43.9 Å². The van der Waals surface area contributed by atoms with Crippen LogP contribution in [0.1, 0.15) is 19.3 Å². The van der Waals surface area contributed by atoms with Crippen LogP contribution >= 0.6 is 0 Å². The predicted octanol–water partition coefficient (Wildman–Crippen LogP) is 1.89. The molecule has 0 radical (unpaired) electrons. The van der Waals surface area contributed by atoms with Crippen molar-refractivity contribution in [1.29, 1.82) is 0 Å². The lowest BCUT2D eigenvalue weighted by Gasteiger charge is -2.16. The van der Waals surface area contributed by atoms with E-state index in [2.05, 4.69) is 4.98 Å². The lowest BCUT2D eigenvalue weighted by molar-refractivity contribution is 0.117. The molecule has 0 spiro atoms. The van der Waals surface area contributed by atoms with E-state index >= 15 is 0 Å². The number of rotatable bonds is 4. The highest BCUT2D eigenvalue weighted by Crippen LogP contribution is 2.21. The van der Waals surface area contributed by atoms with Gasteiger partial charge in [-0.25, -0.2) is 9.18 Å². The molecule has 1 aromatic heterocycles. The molecule has 4 rings (SSSR count).